The lowest BCUT2D eigenvalue weighted by molar-refractivity contribution is -0.130. The Balaban J connectivity index is 2.70. The molecule has 0 spiro atoms. The molecule has 0 heterocycles. The quantitative estimate of drug-likeness (QED) is 0.850. The number of ether oxygens (including phenoxy) is 1. The van der Waals surface area contributed by atoms with Crippen LogP contribution in [0.25, 0.3) is 0 Å². The first-order valence-electron chi connectivity index (χ1n) is 7.77. The van der Waals surface area contributed by atoms with E-state index in [0.717, 1.165) is 6.42 Å². The Labute approximate surface area is 133 Å². The van der Waals surface area contributed by atoms with Gasteiger partial charge in [-0.05, 0) is 56.4 Å². The summed E-state index contributed by atoms with van der Waals surface area (Å²) in [5, 5.41) is 3.06. The Kier molecular flexibility index (Phi) is 5.98. The lowest BCUT2D eigenvalue weighted by atomic mass is 9.81. The maximum atomic E-state index is 12.9. The average molecular weight is 309 g/mol. The van der Waals surface area contributed by atoms with Gasteiger partial charge in [0.1, 0.15) is 11.6 Å². The third-order valence-electron chi connectivity index (χ3n) is 3.19. The number of halogens is 1. The van der Waals surface area contributed by atoms with Crippen molar-refractivity contribution in [3.05, 3.63) is 30.1 Å². The van der Waals surface area contributed by atoms with Crippen LogP contribution in [0.15, 0.2) is 24.3 Å². The maximum absolute atomic E-state index is 12.9. The van der Waals surface area contributed by atoms with Crippen LogP contribution in [0.3, 0.4) is 0 Å². The van der Waals surface area contributed by atoms with Crippen molar-refractivity contribution >= 4 is 5.91 Å². The number of nitrogens with one attached hydrogen (secondary N) is 1. The summed E-state index contributed by atoms with van der Waals surface area (Å²) < 4.78 is 18.6. The van der Waals surface area contributed by atoms with Crippen molar-refractivity contribution in [1.82, 2.24) is 5.32 Å². The fourth-order valence-electron chi connectivity index (χ4n) is 2.78. The third-order valence-corrected chi connectivity index (χ3v) is 3.19. The van der Waals surface area contributed by atoms with Crippen LogP contribution in [-0.4, -0.2) is 17.6 Å². The van der Waals surface area contributed by atoms with Crippen LogP contribution in [0.1, 0.15) is 54.4 Å². The zero-order valence-electron chi connectivity index (χ0n) is 14.5. The molecule has 1 atom stereocenters. The second-order valence-corrected chi connectivity index (χ2v) is 7.58. The monoisotopic (exact) mass is 309 g/mol. The van der Waals surface area contributed by atoms with Crippen LogP contribution < -0.4 is 10.1 Å². The molecular formula is C18H28FNO2. The highest BCUT2D eigenvalue weighted by molar-refractivity contribution is 5.81. The van der Waals surface area contributed by atoms with Crippen LogP contribution in [-0.2, 0) is 4.79 Å². The second-order valence-electron chi connectivity index (χ2n) is 7.58. The lowest BCUT2D eigenvalue weighted by Crippen LogP contribution is -2.50. The van der Waals surface area contributed by atoms with E-state index < -0.39 is 6.10 Å². The molecule has 1 unspecified atom stereocenters. The fourth-order valence-corrected chi connectivity index (χ4v) is 2.78. The molecule has 0 saturated heterocycles. The maximum Gasteiger partial charge on any atom is 0.261 e. The van der Waals surface area contributed by atoms with Gasteiger partial charge in [-0.2, -0.15) is 0 Å². The van der Waals surface area contributed by atoms with Gasteiger partial charge in [0.05, 0.1) is 0 Å². The number of benzene rings is 1. The molecule has 1 amide bonds. The summed E-state index contributed by atoms with van der Waals surface area (Å²) in [5.41, 5.74) is -0.189. The number of carbonyl (C=O) groups is 1. The van der Waals surface area contributed by atoms with Gasteiger partial charge in [-0.25, -0.2) is 4.39 Å². The van der Waals surface area contributed by atoms with Gasteiger partial charge in [-0.1, -0.05) is 27.7 Å². The number of carbonyl (C=O) groups excluding carboxylic acids is 1. The van der Waals surface area contributed by atoms with E-state index in [1.807, 2.05) is 20.8 Å². The summed E-state index contributed by atoms with van der Waals surface area (Å²) in [4.78, 5) is 12.4. The Morgan fingerprint density at radius 1 is 1.18 bits per heavy atom. The van der Waals surface area contributed by atoms with Crippen LogP contribution in [0.5, 0.6) is 5.75 Å². The van der Waals surface area contributed by atoms with Gasteiger partial charge in [-0.15, -0.1) is 0 Å². The molecule has 22 heavy (non-hydrogen) atoms. The molecular weight excluding hydrogens is 281 g/mol. The minimum atomic E-state index is -0.579. The molecule has 4 heteroatoms. The van der Waals surface area contributed by atoms with Gasteiger partial charge >= 0.3 is 0 Å². The highest BCUT2D eigenvalue weighted by Gasteiger charge is 2.30. The van der Waals surface area contributed by atoms with Crippen LogP contribution >= 0.6 is 0 Å². The molecule has 0 aromatic heterocycles. The van der Waals surface area contributed by atoms with E-state index >= 15 is 0 Å². The van der Waals surface area contributed by atoms with Crippen molar-refractivity contribution in [2.45, 2.75) is 66.0 Å². The minimum Gasteiger partial charge on any atom is -0.481 e. The number of hydrogen-bond acceptors (Lipinski definition) is 2. The van der Waals surface area contributed by atoms with Crippen molar-refractivity contribution in [3.8, 4) is 5.75 Å². The molecule has 3 nitrogen and oxygen atoms in total. The molecule has 0 fully saturated rings. The largest absolute Gasteiger partial charge is 0.481 e. The summed E-state index contributed by atoms with van der Waals surface area (Å²) in [5.74, 6) is 0.0364. The van der Waals surface area contributed by atoms with Crippen LogP contribution in [0.2, 0.25) is 0 Å². The molecule has 1 aromatic rings. The molecule has 1 aromatic carbocycles. The van der Waals surface area contributed by atoms with E-state index in [-0.39, 0.29) is 22.7 Å². The van der Waals surface area contributed by atoms with Gasteiger partial charge in [0, 0.05) is 5.54 Å². The van der Waals surface area contributed by atoms with Gasteiger partial charge in [0.25, 0.3) is 5.91 Å². The van der Waals surface area contributed by atoms with Crippen molar-refractivity contribution in [3.63, 3.8) is 0 Å². The molecule has 124 valence electrons. The fraction of sp³-hybridized carbons (Fsp3) is 0.611. The highest BCUT2D eigenvalue weighted by Crippen LogP contribution is 2.27. The van der Waals surface area contributed by atoms with Crippen molar-refractivity contribution in [2.75, 3.05) is 0 Å². The minimum absolute atomic E-state index is 0.121. The topological polar surface area (TPSA) is 38.3 Å². The first kappa shape index (κ1) is 18.5. The smallest absolute Gasteiger partial charge is 0.261 e. The molecule has 0 radical (unpaired) electrons. The molecule has 0 aliphatic rings. The Morgan fingerprint density at radius 2 is 1.73 bits per heavy atom. The van der Waals surface area contributed by atoms with Crippen molar-refractivity contribution in [2.24, 2.45) is 5.41 Å². The molecule has 0 aliphatic carbocycles. The number of amides is 1. The Bertz CT molecular complexity index is 489. The highest BCUT2D eigenvalue weighted by atomic mass is 19.1. The predicted molar refractivity (Wildman–Crippen MR) is 87.4 cm³/mol. The molecule has 1 rings (SSSR count). The number of rotatable bonds is 6. The van der Waals surface area contributed by atoms with Gasteiger partial charge < -0.3 is 10.1 Å². The normalized spacial score (nSPS) is 13.6. The van der Waals surface area contributed by atoms with E-state index in [4.69, 9.17) is 4.74 Å². The van der Waals surface area contributed by atoms with E-state index in [1.54, 1.807) is 0 Å². The molecule has 0 aliphatic heterocycles. The second kappa shape index (κ2) is 7.12. The van der Waals surface area contributed by atoms with E-state index in [9.17, 15) is 9.18 Å². The van der Waals surface area contributed by atoms with Crippen molar-refractivity contribution in [1.29, 1.82) is 0 Å². The van der Waals surface area contributed by atoms with Gasteiger partial charge in [0.2, 0.25) is 0 Å². The molecule has 0 bridgehead atoms. The summed E-state index contributed by atoms with van der Waals surface area (Å²) >= 11 is 0. The van der Waals surface area contributed by atoms with Gasteiger partial charge in [-0.3, -0.25) is 4.79 Å². The van der Waals surface area contributed by atoms with E-state index in [1.165, 1.54) is 24.3 Å². The van der Waals surface area contributed by atoms with Gasteiger partial charge in [0.15, 0.2) is 6.10 Å². The van der Waals surface area contributed by atoms with Crippen LogP contribution in [0.4, 0.5) is 4.39 Å². The van der Waals surface area contributed by atoms with Crippen molar-refractivity contribution < 1.29 is 13.9 Å². The predicted octanol–water partition coefficient (Wildman–Crippen LogP) is 4.31. The molecule has 0 saturated carbocycles. The zero-order valence-corrected chi connectivity index (χ0v) is 14.5. The first-order valence-corrected chi connectivity index (χ1v) is 7.77. The summed E-state index contributed by atoms with van der Waals surface area (Å²) in [6, 6.07) is 5.71. The standard InChI is InChI=1S/C18H28FNO2/c1-7-15(22-14-10-8-13(19)9-11-14)16(21)20-18(5,6)12-17(2,3)4/h8-11,15H,7,12H2,1-6H3,(H,20,21). The summed E-state index contributed by atoms with van der Waals surface area (Å²) in [6.07, 6.45) is 0.831. The summed E-state index contributed by atoms with van der Waals surface area (Å²) in [7, 11) is 0. The van der Waals surface area contributed by atoms with E-state index in [2.05, 4.69) is 26.1 Å². The Morgan fingerprint density at radius 3 is 2.18 bits per heavy atom. The SMILES string of the molecule is CCC(Oc1ccc(F)cc1)C(=O)NC(C)(C)CC(C)(C)C. The lowest BCUT2D eigenvalue weighted by Gasteiger charge is -2.34. The Hall–Kier alpha value is -1.58. The zero-order chi connectivity index (χ0) is 17.0. The van der Waals surface area contributed by atoms with E-state index in [0.29, 0.717) is 12.2 Å². The summed E-state index contributed by atoms with van der Waals surface area (Å²) in [6.45, 7) is 12.4. The molecule has 1 N–H and O–H groups in total. The number of hydrogen-bond donors (Lipinski definition) is 1. The average Bonchev–Trinajstić information content (AvgIpc) is 2.34. The first-order chi connectivity index (χ1) is 10.0. The third kappa shape index (κ3) is 6.46. The van der Waals surface area contributed by atoms with Crippen LogP contribution in [0, 0.1) is 11.2 Å².